The number of hydrogen-bond donors (Lipinski definition) is 1. The van der Waals surface area contributed by atoms with Gasteiger partial charge in [0.25, 0.3) is 0 Å². The van der Waals surface area contributed by atoms with Crippen molar-refractivity contribution in [3.8, 4) is 0 Å². The van der Waals surface area contributed by atoms with Crippen LogP contribution < -0.4 is 0 Å². The van der Waals surface area contributed by atoms with Crippen molar-refractivity contribution in [1.29, 1.82) is 0 Å². The molecule has 3 fully saturated rings. The molecule has 4 nitrogen and oxygen atoms in total. The Kier molecular flexibility index (Phi) is 4.96. The third kappa shape index (κ3) is 2.95. The molecule has 4 heteroatoms. The van der Waals surface area contributed by atoms with Crippen LogP contribution in [0.2, 0.25) is 0 Å². The lowest BCUT2D eigenvalue weighted by molar-refractivity contribution is -0.149. The van der Waals surface area contributed by atoms with Gasteiger partial charge >= 0.3 is 5.97 Å². The average Bonchev–Trinajstić information content (AvgIpc) is 2.99. The zero-order valence-corrected chi connectivity index (χ0v) is 17.4. The van der Waals surface area contributed by atoms with E-state index in [0.29, 0.717) is 17.8 Å². The van der Waals surface area contributed by atoms with E-state index in [1.165, 1.54) is 25.0 Å². The van der Waals surface area contributed by atoms with E-state index in [1.807, 2.05) is 0 Å². The topological polar surface area (TPSA) is 63.6 Å². The molecule has 7 unspecified atom stereocenters. The summed E-state index contributed by atoms with van der Waals surface area (Å²) in [6.45, 7) is 6.27. The molecular weight excluding hydrogens is 352 g/mol. The summed E-state index contributed by atoms with van der Waals surface area (Å²) in [5.41, 5.74) is 1.78. The summed E-state index contributed by atoms with van der Waals surface area (Å²) < 4.78 is 5.53. The highest BCUT2D eigenvalue weighted by Gasteiger charge is 2.59. The number of ketones is 1. The van der Waals surface area contributed by atoms with Crippen LogP contribution in [0.4, 0.5) is 0 Å². The lowest BCUT2D eigenvalue weighted by Crippen LogP contribution is -2.51. The molecule has 4 aliphatic carbocycles. The fraction of sp³-hybridized carbons (Fsp3) is 0.750. The molecule has 4 rings (SSSR count). The Bertz CT molecular complexity index is 722. The average molecular weight is 387 g/mol. The number of allylic oxidation sites excluding steroid dienone is 2. The third-order valence-corrected chi connectivity index (χ3v) is 8.97. The van der Waals surface area contributed by atoms with Crippen LogP contribution in [0.3, 0.4) is 0 Å². The Hall–Kier alpha value is -1.58. The normalized spacial score (nSPS) is 45.0. The van der Waals surface area contributed by atoms with Gasteiger partial charge in [-0.1, -0.05) is 25.5 Å². The van der Waals surface area contributed by atoms with E-state index >= 15 is 0 Å². The number of aliphatic hydroxyl groups is 1. The summed E-state index contributed by atoms with van der Waals surface area (Å²) in [4.78, 5) is 24.0. The van der Waals surface area contributed by atoms with Gasteiger partial charge in [-0.05, 0) is 73.5 Å². The van der Waals surface area contributed by atoms with Gasteiger partial charge in [0.1, 0.15) is 6.10 Å². The molecule has 4 aliphatic rings. The Morgan fingerprint density at radius 2 is 1.93 bits per heavy atom. The van der Waals surface area contributed by atoms with Crippen molar-refractivity contribution in [1.82, 2.24) is 0 Å². The quantitative estimate of drug-likeness (QED) is 0.316. The molecule has 0 saturated heterocycles. The van der Waals surface area contributed by atoms with E-state index in [0.717, 1.165) is 51.2 Å². The van der Waals surface area contributed by atoms with Crippen LogP contribution in [0, 0.1) is 34.5 Å². The largest absolute Gasteiger partial charge is 0.515 e. The fourth-order valence-electron chi connectivity index (χ4n) is 7.62. The first-order valence-electron chi connectivity index (χ1n) is 11.0. The van der Waals surface area contributed by atoms with Crippen molar-refractivity contribution in [3.05, 3.63) is 24.0 Å². The predicted molar refractivity (Wildman–Crippen MR) is 108 cm³/mol. The van der Waals surface area contributed by atoms with Gasteiger partial charge in [-0.15, -0.1) is 0 Å². The lowest BCUT2D eigenvalue weighted by atomic mass is 9.47. The van der Waals surface area contributed by atoms with Crippen LogP contribution >= 0.6 is 0 Å². The van der Waals surface area contributed by atoms with Crippen LogP contribution in [0.15, 0.2) is 24.0 Å². The number of fused-ring (bicyclic) bond motifs is 5. The highest BCUT2D eigenvalue weighted by atomic mass is 16.5. The monoisotopic (exact) mass is 386 g/mol. The highest BCUT2D eigenvalue weighted by Crippen LogP contribution is 2.66. The summed E-state index contributed by atoms with van der Waals surface area (Å²) in [6, 6.07) is 0. The number of aliphatic hydroxyl groups excluding tert-OH is 1. The van der Waals surface area contributed by atoms with Crippen molar-refractivity contribution < 1.29 is 19.4 Å². The molecule has 0 bridgehead atoms. The summed E-state index contributed by atoms with van der Waals surface area (Å²) in [5, 5.41) is 9.06. The van der Waals surface area contributed by atoms with Crippen molar-refractivity contribution in [2.24, 2.45) is 34.5 Å². The van der Waals surface area contributed by atoms with E-state index in [1.54, 1.807) is 0 Å². The first-order valence-corrected chi connectivity index (χ1v) is 11.0. The molecule has 0 aromatic heterocycles. The van der Waals surface area contributed by atoms with Crippen LogP contribution in [0.5, 0.6) is 0 Å². The van der Waals surface area contributed by atoms with Gasteiger partial charge in [0.15, 0.2) is 5.78 Å². The lowest BCUT2D eigenvalue weighted by Gasteiger charge is -2.58. The summed E-state index contributed by atoms with van der Waals surface area (Å²) in [7, 11) is 0. The fourth-order valence-corrected chi connectivity index (χ4v) is 7.62. The maximum absolute atomic E-state index is 12.6. The molecule has 0 aliphatic heterocycles. The highest BCUT2D eigenvalue weighted by molar-refractivity contribution is 5.92. The van der Waals surface area contributed by atoms with E-state index in [9.17, 15) is 9.59 Å². The van der Waals surface area contributed by atoms with Crippen LogP contribution in [0.1, 0.15) is 72.1 Å². The van der Waals surface area contributed by atoms with Crippen molar-refractivity contribution in [3.63, 3.8) is 0 Å². The Morgan fingerprint density at radius 3 is 2.64 bits per heavy atom. The number of hydrogen-bond acceptors (Lipinski definition) is 4. The van der Waals surface area contributed by atoms with Gasteiger partial charge in [0.05, 0.1) is 6.26 Å². The minimum Gasteiger partial charge on any atom is -0.515 e. The van der Waals surface area contributed by atoms with E-state index in [2.05, 4.69) is 19.9 Å². The Morgan fingerprint density at radius 1 is 1.14 bits per heavy atom. The third-order valence-electron chi connectivity index (χ3n) is 8.97. The maximum Gasteiger partial charge on any atom is 0.302 e. The number of carbonyl (C=O) groups is 2. The van der Waals surface area contributed by atoms with Crippen LogP contribution in [-0.2, 0) is 14.3 Å². The van der Waals surface area contributed by atoms with E-state index in [-0.39, 0.29) is 34.6 Å². The summed E-state index contributed by atoms with van der Waals surface area (Å²) in [6.07, 6.45) is 13.2. The molecule has 7 atom stereocenters. The molecule has 0 heterocycles. The van der Waals surface area contributed by atoms with Crippen molar-refractivity contribution >= 4 is 11.8 Å². The number of rotatable bonds is 3. The molecule has 1 N–H and O–H groups in total. The SMILES string of the molecule is CC(=O)OC1CCC2(C)C(=CCC3C2CCC2(C)C(C(=O)C=CO)CCC32)C1. The standard InChI is InChI=1S/C24H34O4/c1-15(26)28-17-8-11-23(2)16(14-17)4-5-18-19-6-7-21(22(27)10-13-25)24(19,3)12-9-20(18)23/h4,10,13,17-21,25H,5-9,11-12,14H2,1-3H3. The second-order valence-corrected chi connectivity index (χ2v) is 10.1. The predicted octanol–water partition coefficient (Wildman–Crippen LogP) is 5.14. The first-order chi connectivity index (χ1) is 13.3. The van der Waals surface area contributed by atoms with Gasteiger partial charge in [0.2, 0.25) is 0 Å². The molecule has 0 aromatic rings. The summed E-state index contributed by atoms with van der Waals surface area (Å²) in [5.74, 6) is 1.90. The molecule has 0 radical (unpaired) electrons. The molecule has 0 spiro atoms. The smallest absolute Gasteiger partial charge is 0.302 e. The van der Waals surface area contributed by atoms with Gasteiger partial charge in [-0.2, -0.15) is 0 Å². The van der Waals surface area contributed by atoms with Crippen LogP contribution in [-0.4, -0.2) is 23.0 Å². The second-order valence-electron chi connectivity index (χ2n) is 10.1. The van der Waals surface area contributed by atoms with Gasteiger partial charge in [-0.3, -0.25) is 9.59 Å². The zero-order chi connectivity index (χ0) is 20.1. The van der Waals surface area contributed by atoms with E-state index < -0.39 is 0 Å². The summed E-state index contributed by atoms with van der Waals surface area (Å²) >= 11 is 0. The van der Waals surface area contributed by atoms with E-state index in [4.69, 9.17) is 9.84 Å². The number of carbonyl (C=O) groups excluding carboxylic acids is 2. The molecule has 0 amide bonds. The first kappa shape index (κ1) is 19.7. The number of ether oxygens (including phenoxy) is 1. The molecule has 154 valence electrons. The van der Waals surface area contributed by atoms with Gasteiger partial charge < -0.3 is 9.84 Å². The second kappa shape index (κ2) is 7.03. The molecule has 0 aromatic carbocycles. The Balaban J connectivity index is 1.57. The van der Waals surface area contributed by atoms with Crippen molar-refractivity contribution in [2.45, 2.75) is 78.2 Å². The van der Waals surface area contributed by atoms with Crippen LogP contribution in [0.25, 0.3) is 0 Å². The Labute approximate surface area is 168 Å². The minimum atomic E-state index is -0.171. The zero-order valence-electron chi connectivity index (χ0n) is 17.4. The van der Waals surface area contributed by atoms with Crippen molar-refractivity contribution in [2.75, 3.05) is 0 Å². The minimum absolute atomic E-state index is 0.0426. The molecule has 3 saturated carbocycles. The maximum atomic E-state index is 12.6. The number of esters is 1. The van der Waals surface area contributed by atoms with Gasteiger partial charge in [0, 0.05) is 25.3 Å². The molecule has 28 heavy (non-hydrogen) atoms. The van der Waals surface area contributed by atoms with Gasteiger partial charge in [-0.25, -0.2) is 0 Å². The molecular formula is C24H34O4.